The number of carbonyl (C=O) groups is 1. The summed E-state index contributed by atoms with van der Waals surface area (Å²) in [4.78, 5) is 15.4. The minimum Gasteiger partial charge on any atom is -0.465 e. The van der Waals surface area contributed by atoms with Gasteiger partial charge in [0.2, 0.25) is 0 Å². The van der Waals surface area contributed by atoms with Crippen molar-refractivity contribution in [3.05, 3.63) is 58.7 Å². The maximum Gasteiger partial charge on any atom is 0.287 e. The lowest BCUT2D eigenvalue weighted by atomic mass is 9.97. The number of nitrogens with zero attached hydrogens (tertiary/aromatic N) is 1. The maximum absolute atomic E-state index is 13.0. The van der Waals surface area contributed by atoms with E-state index in [1.807, 2.05) is 32.0 Å². The van der Waals surface area contributed by atoms with Gasteiger partial charge in [-0.05, 0) is 81.9 Å². The summed E-state index contributed by atoms with van der Waals surface area (Å²) in [6.07, 6.45) is 3.31. The van der Waals surface area contributed by atoms with Crippen molar-refractivity contribution in [1.29, 1.82) is 0 Å². The molecule has 1 aliphatic heterocycles. The molecule has 3 aromatic rings. The molecule has 168 valence electrons. The summed E-state index contributed by atoms with van der Waals surface area (Å²) in [7, 11) is 0. The zero-order chi connectivity index (χ0) is 21.3. The van der Waals surface area contributed by atoms with E-state index in [4.69, 9.17) is 8.83 Å². The Labute approximate surface area is 190 Å². The lowest BCUT2D eigenvalue weighted by molar-refractivity contribution is 0.0871. The summed E-state index contributed by atoms with van der Waals surface area (Å²) >= 11 is 0. The highest BCUT2D eigenvalue weighted by atomic mass is 35.5. The molecule has 1 N–H and O–H groups in total. The van der Waals surface area contributed by atoms with Crippen LogP contribution in [0.25, 0.3) is 11.0 Å². The van der Waals surface area contributed by atoms with E-state index in [9.17, 15) is 4.79 Å². The number of benzene rings is 1. The molecule has 1 atom stereocenters. The van der Waals surface area contributed by atoms with Crippen molar-refractivity contribution < 1.29 is 13.6 Å². The Balaban J connectivity index is 0.00000272. The van der Waals surface area contributed by atoms with Crippen LogP contribution in [0.15, 0.2) is 39.2 Å². The Morgan fingerprint density at radius 2 is 1.90 bits per heavy atom. The van der Waals surface area contributed by atoms with Crippen molar-refractivity contribution in [1.82, 2.24) is 10.2 Å². The Morgan fingerprint density at radius 3 is 2.55 bits per heavy atom. The van der Waals surface area contributed by atoms with Crippen molar-refractivity contribution in [2.45, 2.75) is 53.0 Å². The van der Waals surface area contributed by atoms with Crippen LogP contribution in [0.4, 0.5) is 0 Å². The van der Waals surface area contributed by atoms with E-state index in [1.54, 1.807) is 0 Å². The van der Waals surface area contributed by atoms with Crippen molar-refractivity contribution in [3.63, 3.8) is 0 Å². The number of halogens is 1. The van der Waals surface area contributed by atoms with Gasteiger partial charge in [-0.25, -0.2) is 0 Å². The zero-order valence-corrected chi connectivity index (χ0v) is 19.7. The monoisotopic (exact) mass is 444 g/mol. The molecule has 1 aliphatic rings. The van der Waals surface area contributed by atoms with Crippen LogP contribution in [0.5, 0.6) is 0 Å². The third-order valence-corrected chi connectivity index (χ3v) is 6.42. The second kappa shape index (κ2) is 9.92. The van der Waals surface area contributed by atoms with Crippen LogP contribution >= 0.6 is 12.4 Å². The Hall–Kier alpha value is -2.24. The van der Waals surface area contributed by atoms with Gasteiger partial charge in [-0.15, -0.1) is 12.4 Å². The van der Waals surface area contributed by atoms with E-state index < -0.39 is 0 Å². The molecule has 2 aromatic heterocycles. The van der Waals surface area contributed by atoms with Gasteiger partial charge in [0.1, 0.15) is 17.1 Å². The van der Waals surface area contributed by atoms with E-state index in [1.165, 1.54) is 18.4 Å². The molecule has 0 bridgehead atoms. The molecule has 3 heterocycles. The van der Waals surface area contributed by atoms with Crippen LogP contribution in [-0.2, 0) is 6.42 Å². The highest BCUT2D eigenvalue weighted by Gasteiger charge is 2.28. The molecular weight excluding hydrogens is 412 g/mol. The molecule has 1 fully saturated rings. The second-order valence-electron chi connectivity index (χ2n) is 8.63. The van der Waals surface area contributed by atoms with Crippen LogP contribution < -0.4 is 5.32 Å². The van der Waals surface area contributed by atoms with Gasteiger partial charge >= 0.3 is 0 Å². The van der Waals surface area contributed by atoms with E-state index in [0.29, 0.717) is 12.3 Å². The summed E-state index contributed by atoms with van der Waals surface area (Å²) in [5.41, 5.74) is 2.90. The highest BCUT2D eigenvalue weighted by Crippen LogP contribution is 2.29. The third-order valence-electron chi connectivity index (χ3n) is 6.42. The summed E-state index contributed by atoms with van der Waals surface area (Å²) in [6.45, 7) is 10.9. The molecule has 0 radical (unpaired) electrons. The average molecular weight is 445 g/mol. The first-order valence-electron chi connectivity index (χ1n) is 11.1. The molecule has 0 spiro atoms. The molecule has 31 heavy (non-hydrogen) atoms. The number of rotatable bonds is 6. The van der Waals surface area contributed by atoms with Crippen LogP contribution in [0.2, 0.25) is 0 Å². The van der Waals surface area contributed by atoms with Crippen LogP contribution in [0.3, 0.4) is 0 Å². The van der Waals surface area contributed by atoms with Gasteiger partial charge in [0.05, 0.1) is 6.04 Å². The lowest BCUT2D eigenvalue weighted by Gasteiger charge is -2.35. The fourth-order valence-corrected chi connectivity index (χ4v) is 4.36. The minimum atomic E-state index is -0.166. The van der Waals surface area contributed by atoms with Gasteiger partial charge in [0, 0.05) is 17.5 Å². The fraction of sp³-hybridized carbons (Fsp3) is 0.480. The number of furan rings is 2. The van der Waals surface area contributed by atoms with Crippen LogP contribution in [-0.4, -0.2) is 30.4 Å². The van der Waals surface area contributed by atoms with Gasteiger partial charge in [-0.3, -0.25) is 9.69 Å². The molecule has 1 unspecified atom stereocenters. The van der Waals surface area contributed by atoms with Crippen LogP contribution in [0, 0.1) is 19.8 Å². The molecule has 1 saturated heterocycles. The first-order valence-corrected chi connectivity index (χ1v) is 11.1. The molecule has 4 rings (SSSR count). The second-order valence-corrected chi connectivity index (χ2v) is 8.63. The summed E-state index contributed by atoms with van der Waals surface area (Å²) in [5, 5.41) is 4.13. The van der Waals surface area contributed by atoms with Gasteiger partial charge in [0.25, 0.3) is 5.91 Å². The number of fused-ring (bicyclic) bond motifs is 1. The topological polar surface area (TPSA) is 58.6 Å². The SMILES string of the molecule is CCc1ccc2oc(C(=O)NCC(c3ccc(C)o3)N3CCC(C)CC3)c(C)c2c1.Cl. The smallest absolute Gasteiger partial charge is 0.287 e. The average Bonchev–Trinajstić information content (AvgIpc) is 3.32. The largest absolute Gasteiger partial charge is 0.465 e. The quantitative estimate of drug-likeness (QED) is 0.519. The predicted molar refractivity (Wildman–Crippen MR) is 126 cm³/mol. The van der Waals surface area contributed by atoms with Crippen molar-refractivity contribution in [2.75, 3.05) is 19.6 Å². The van der Waals surface area contributed by atoms with Gasteiger partial charge in [-0.1, -0.05) is 19.9 Å². The Kier molecular flexibility index (Phi) is 7.50. The normalized spacial score (nSPS) is 16.3. The minimum absolute atomic E-state index is 0. The first kappa shape index (κ1) is 23.4. The third kappa shape index (κ3) is 4.99. The molecule has 1 amide bonds. The number of nitrogens with one attached hydrogen (secondary N) is 1. The zero-order valence-electron chi connectivity index (χ0n) is 18.9. The van der Waals surface area contributed by atoms with E-state index in [0.717, 1.165) is 53.5 Å². The Bertz CT molecular complexity index is 1030. The number of aryl methyl sites for hydroxylation is 3. The van der Waals surface area contributed by atoms with E-state index in [-0.39, 0.29) is 24.4 Å². The number of carbonyl (C=O) groups excluding carboxylic acids is 1. The number of amides is 1. The van der Waals surface area contributed by atoms with Gasteiger partial charge in [0.15, 0.2) is 5.76 Å². The number of hydrogen-bond donors (Lipinski definition) is 1. The molecule has 5 nitrogen and oxygen atoms in total. The molecule has 0 aliphatic carbocycles. The lowest BCUT2D eigenvalue weighted by Crippen LogP contribution is -2.41. The van der Waals surface area contributed by atoms with Gasteiger partial charge < -0.3 is 14.2 Å². The van der Waals surface area contributed by atoms with Crippen molar-refractivity contribution >= 4 is 29.3 Å². The summed E-state index contributed by atoms with van der Waals surface area (Å²) < 4.78 is 11.9. The number of hydrogen-bond acceptors (Lipinski definition) is 4. The van der Waals surface area contributed by atoms with Crippen molar-refractivity contribution in [2.24, 2.45) is 5.92 Å². The standard InChI is InChI=1S/C25H32N2O3.ClH/c1-5-19-7-9-22-20(14-19)18(4)24(30-22)25(28)26-15-21(23-8-6-17(3)29-23)27-12-10-16(2)11-13-27;/h6-9,14,16,21H,5,10-13,15H2,1-4H3,(H,26,28);1H. The molecule has 0 saturated carbocycles. The fourth-order valence-electron chi connectivity index (χ4n) is 4.36. The molecular formula is C25H33ClN2O3. The first-order chi connectivity index (χ1) is 14.5. The van der Waals surface area contributed by atoms with Gasteiger partial charge in [-0.2, -0.15) is 0 Å². The van der Waals surface area contributed by atoms with Crippen molar-refractivity contribution in [3.8, 4) is 0 Å². The highest BCUT2D eigenvalue weighted by molar-refractivity contribution is 5.99. The maximum atomic E-state index is 13.0. The Morgan fingerprint density at radius 1 is 1.16 bits per heavy atom. The summed E-state index contributed by atoms with van der Waals surface area (Å²) in [6, 6.07) is 10.2. The number of likely N-dealkylation sites (tertiary alicyclic amines) is 1. The number of piperidine rings is 1. The van der Waals surface area contributed by atoms with Crippen LogP contribution in [0.1, 0.15) is 65.9 Å². The molecule has 1 aromatic carbocycles. The van der Waals surface area contributed by atoms with E-state index in [2.05, 4.69) is 36.2 Å². The molecule has 6 heteroatoms. The summed E-state index contributed by atoms with van der Waals surface area (Å²) in [5.74, 6) is 2.80. The van der Waals surface area contributed by atoms with E-state index >= 15 is 0 Å². The predicted octanol–water partition coefficient (Wildman–Crippen LogP) is 5.83.